The molecule has 0 atom stereocenters. The first kappa shape index (κ1) is 9.59. The Kier molecular flexibility index (Phi) is 2.88. The maximum Gasteiger partial charge on any atom is 0.159 e. The molecule has 2 nitrogen and oxygen atoms in total. The molecule has 0 bridgehead atoms. The van der Waals surface area contributed by atoms with Gasteiger partial charge >= 0.3 is 0 Å². The van der Waals surface area contributed by atoms with Gasteiger partial charge in [-0.2, -0.15) is 0 Å². The zero-order valence-corrected chi connectivity index (χ0v) is 8.43. The predicted octanol–water partition coefficient (Wildman–Crippen LogP) is 2.87. The van der Waals surface area contributed by atoms with Crippen LogP contribution in [0.15, 0.2) is 55.4 Å². The Hall–Kier alpha value is -1.96. The number of hydrogen-bond acceptors (Lipinski definition) is 2. The van der Waals surface area contributed by atoms with Gasteiger partial charge in [-0.15, -0.1) is 6.58 Å². The smallest absolute Gasteiger partial charge is 0.159 e. The maximum atomic E-state index is 4.25. The lowest BCUT2D eigenvalue weighted by Gasteiger charge is -2.05. The van der Waals surface area contributed by atoms with Gasteiger partial charge in [0.15, 0.2) is 5.82 Å². The third kappa shape index (κ3) is 2.10. The molecule has 0 aliphatic rings. The van der Waals surface area contributed by atoms with Crippen LogP contribution in [0.4, 0.5) is 0 Å². The minimum Gasteiger partial charge on any atom is -0.237 e. The van der Waals surface area contributed by atoms with E-state index in [1.165, 1.54) is 5.56 Å². The van der Waals surface area contributed by atoms with E-state index in [4.69, 9.17) is 0 Å². The summed E-state index contributed by atoms with van der Waals surface area (Å²) in [5.41, 5.74) is 2.29. The molecule has 2 heteroatoms. The Morgan fingerprint density at radius 3 is 2.53 bits per heavy atom. The highest BCUT2D eigenvalue weighted by atomic mass is 14.8. The van der Waals surface area contributed by atoms with E-state index in [1.807, 2.05) is 30.3 Å². The van der Waals surface area contributed by atoms with Crippen LogP contribution in [0.5, 0.6) is 0 Å². The van der Waals surface area contributed by atoms with Crippen molar-refractivity contribution >= 4 is 0 Å². The van der Waals surface area contributed by atoms with Crippen LogP contribution in [-0.2, 0) is 6.42 Å². The van der Waals surface area contributed by atoms with Crippen LogP contribution in [0.1, 0.15) is 5.56 Å². The lowest BCUT2D eigenvalue weighted by Crippen LogP contribution is -1.92. The molecule has 0 saturated heterocycles. The molecule has 0 fully saturated rings. The van der Waals surface area contributed by atoms with Crippen molar-refractivity contribution in [3.8, 4) is 11.4 Å². The molecule has 0 N–H and O–H groups in total. The summed E-state index contributed by atoms with van der Waals surface area (Å²) in [5, 5.41) is 0. The topological polar surface area (TPSA) is 25.8 Å². The lowest BCUT2D eigenvalue weighted by atomic mass is 10.0. The number of aromatic nitrogens is 2. The van der Waals surface area contributed by atoms with Crippen molar-refractivity contribution < 1.29 is 0 Å². The quantitative estimate of drug-likeness (QED) is 0.705. The largest absolute Gasteiger partial charge is 0.237 e. The van der Waals surface area contributed by atoms with Crippen LogP contribution < -0.4 is 0 Å². The van der Waals surface area contributed by atoms with Crippen LogP contribution in [0.2, 0.25) is 0 Å². The minimum atomic E-state index is 0.773. The molecule has 0 saturated carbocycles. The Morgan fingerprint density at radius 2 is 1.80 bits per heavy atom. The van der Waals surface area contributed by atoms with Crippen LogP contribution in [0.25, 0.3) is 11.4 Å². The average molecular weight is 196 g/mol. The molecular weight excluding hydrogens is 184 g/mol. The van der Waals surface area contributed by atoms with Gasteiger partial charge < -0.3 is 0 Å². The molecule has 0 amide bonds. The summed E-state index contributed by atoms with van der Waals surface area (Å²) in [4.78, 5) is 8.49. The standard InChI is InChI=1S/C13H12N2/c1-2-6-11-7-3-4-8-12(11)13-14-9-5-10-15-13/h2-5,7-10H,1,6H2. The number of benzene rings is 1. The van der Waals surface area contributed by atoms with Gasteiger partial charge in [-0.25, -0.2) is 9.97 Å². The number of allylic oxidation sites excluding steroid dienone is 1. The van der Waals surface area contributed by atoms with Gasteiger partial charge in [0.1, 0.15) is 0 Å². The third-order valence-corrected chi connectivity index (χ3v) is 2.19. The van der Waals surface area contributed by atoms with Gasteiger partial charge in [0.2, 0.25) is 0 Å². The molecule has 0 aliphatic carbocycles. The van der Waals surface area contributed by atoms with Crippen molar-refractivity contribution in [2.24, 2.45) is 0 Å². The molecule has 0 aliphatic heterocycles. The molecule has 1 heterocycles. The van der Waals surface area contributed by atoms with Gasteiger partial charge in [0, 0.05) is 18.0 Å². The highest BCUT2D eigenvalue weighted by Crippen LogP contribution is 2.19. The summed E-state index contributed by atoms with van der Waals surface area (Å²) in [6.07, 6.45) is 6.25. The number of rotatable bonds is 3. The monoisotopic (exact) mass is 196 g/mol. The van der Waals surface area contributed by atoms with E-state index in [0.717, 1.165) is 17.8 Å². The van der Waals surface area contributed by atoms with Crippen molar-refractivity contribution in [3.63, 3.8) is 0 Å². The SMILES string of the molecule is C=CCc1ccccc1-c1ncccn1. The molecule has 1 aromatic heterocycles. The Morgan fingerprint density at radius 1 is 1.07 bits per heavy atom. The first-order chi connectivity index (χ1) is 7.42. The highest BCUT2D eigenvalue weighted by Gasteiger charge is 2.04. The lowest BCUT2D eigenvalue weighted by molar-refractivity contribution is 1.15. The van der Waals surface area contributed by atoms with E-state index in [9.17, 15) is 0 Å². The van der Waals surface area contributed by atoms with Crippen LogP contribution in [-0.4, -0.2) is 9.97 Å². The molecule has 1 aromatic carbocycles. The summed E-state index contributed by atoms with van der Waals surface area (Å²) in [6.45, 7) is 3.75. The first-order valence-corrected chi connectivity index (χ1v) is 4.88. The van der Waals surface area contributed by atoms with E-state index >= 15 is 0 Å². The molecule has 2 aromatic rings. The Balaban J connectivity index is 2.48. The molecule has 0 spiro atoms. The fraction of sp³-hybridized carbons (Fsp3) is 0.0769. The third-order valence-electron chi connectivity index (χ3n) is 2.19. The summed E-state index contributed by atoms with van der Waals surface area (Å²) < 4.78 is 0. The number of hydrogen-bond donors (Lipinski definition) is 0. The highest BCUT2D eigenvalue weighted by molar-refractivity contribution is 5.60. The zero-order valence-electron chi connectivity index (χ0n) is 8.43. The molecule has 74 valence electrons. The fourth-order valence-corrected chi connectivity index (χ4v) is 1.51. The van der Waals surface area contributed by atoms with Crippen molar-refractivity contribution in [3.05, 3.63) is 60.9 Å². The van der Waals surface area contributed by atoms with E-state index in [2.05, 4.69) is 22.6 Å². The normalized spacial score (nSPS) is 9.87. The molecular formula is C13H12N2. The molecule has 2 rings (SSSR count). The van der Waals surface area contributed by atoms with Crippen molar-refractivity contribution in [1.29, 1.82) is 0 Å². The first-order valence-electron chi connectivity index (χ1n) is 4.88. The second-order valence-electron chi connectivity index (χ2n) is 3.22. The van der Waals surface area contributed by atoms with E-state index < -0.39 is 0 Å². The summed E-state index contributed by atoms with van der Waals surface area (Å²) in [6, 6.07) is 9.95. The van der Waals surface area contributed by atoms with E-state index in [-0.39, 0.29) is 0 Å². The fourth-order valence-electron chi connectivity index (χ4n) is 1.51. The van der Waals surface area contributed by atoms with Crippen LogP contribution >= 0.6 is 0 Å². The Bertz CT molecular complexity index is 449. The van der Waals surface area contributed by atoms with Crippen molar-refractivity contribution in [1.82, 2.24) is 9.97 Å². The van der Waals surface area contributed by atoms with Gasteiger partial charge in [0.25, 0.3) is 0 Å². The minimum absolute atomic E-state index is 0.773. The number of nitrogens with zero attached hydrogens (tertiary/aromatic N) is 2. The van der Waals surface area contributed by atoms with Gasteiger partial charge in [-0.05, 0) is 18.1 Å². The average Bonchev–Trinajstić information content (AvgIpc) is 2.31. The van der Waals surface area contributed by atoms with Gasteiger partial charge in [0.05, 0.1) is 0 Å². The van der Waals surface area contributed by atoms with Gasteiger partial charge in [-0.3, -0.25) is 0 Å². The second-order valence-corrected chi connectivity index (χ2v) is 3.22. The van der Waals surface area contributed by atoms with E-state index in [1.54, 1.807) is 12.4 Å². The van der Waals surface area contributed by atoms with Crippen LogP contribution in [0, 0.1) is 0 Å². The van der Waals surface area contributed by atoms with Crippen molar-refractivity contribution in [2.75, 3.05) is 0 Å². The van der Waals surface area contributed by atoms with Crippen LogP contribution in [0.3, 0.4) is 0 Å². The summed E-state index contributed by atoms with van der Waals surface area (Å²) in [7, 11) is 0. The molecule has 0 radical (unpaired) electrons. The molecule has 0 unspecified atom stereocenters. The molecule has 15 heavy (non-hydrogen) atoms. The maximum absolute atomic E-state index is 4.25. The Labute approximate surface area is 89.3 Å². The predicted molar refractivity (Wildman–Crippen MR) is 61.4 cm³/mol. The zero-order chi connectivity index (χ0) is 10.5. The van der Waals surface area contributed by atoms with Gasteiger partial charge in [-0.1, -0.05) is 30.3 Å². The second kappa shape index (κ2) is 4.51. The summed E-state index contributed by atoms with van der Waals surface area (Å²) in [5.74, 6) is 0.773. The van der Waals surface area contributed by atoms with E-state index in [0.29, 0.717) is 0 Å². The summed E-state index contributed by atoms with van der Waals surface area (Å²) >= 11 is 0. The van der Waals surface area contributed by atoms with Crippen molar-refractivity contribution in [2.45, 2.75) is 6.42 Å².